The zero-order chi connectivity index (χ0) is 26.0. The Labute approximate surface area is 215 Å². The molecule has 1 fully saturated rings. The summed E-state index contributed by atoms with van der Waals surface area (Å²) in [6.07, 6.45) is 0. The average Bonchev–Trinajstić information content (AvgIpc) is 3.13. The smallest absolute Gasteiger partial charge is 0.300 e. The Bertz CT molecular complexity index is 1330. The minimum absolute atomic E-state index is 0.00777. The summed E-state index contributed by atoms with van der Waals surface area (Å²) in [6.45, 7) is 6.60. The van der Waals surface area contributed by atoms with Crippen LogP contribution in [0.5, 0.6) is 11.5 Å². The Hall–Kier alpha value is -3.77. The number of anilines is 1. The van der Waals surface area contributed by atoms with E-state index < -0.39 is 17.7 Å². The molecule has 0 spiro atoms. The molecule has 1 saturated heterocycles. The number of Topliss-reactive ketones (excluding diaryl/α,β-unsaturated/α-hetero) is 1. The van der Waals surface area contributed by atoms with Crippen LogP contribution in [0, 0.1) is 12.8 Å². The maximum Gasteiger partial charge on any atom is 0.300 e. The molecule has 3 aromatic carbocycles. The summed E-state index contributed by atoms with van der Waals surface area (Å²) in [7, 11) is 1.50. The summed E-state index contributed by atoms with van der Waals surface area (Å²) in [4.78, 5) is 28.0. The number of rotatable bonds is 7. The van der Waals surface area contributed by atoms with Gasteiger partial charge in [0, 0.05) is 11.3 Å². The number of ketones is 1. The number of ether oxygens (including phenoxy) is 2. The van der Waals surface area contributed by atoms with Gasteiger partial charge in [-0.1, -0.05) is 55.3 Å². The number of hydrogen-bond acceptors (Lipinski definition) is 5. The van der Waals surface area contributed by atoms with E-state index in [1.54, 1.807) is 42.5 Å². The number of carbonyl (C=O) groups is 2. The van der Waals surface area contributed by atoms with Crippen LogP contribution in [0.15, 0.2) is 72.3 Å². The number of methoxy groups -OCH3 is 1. The second kappa shape index (κ2) is 10.5. The molecule has 6 nitrogen and oxygen atoms in total. The highest BCUT2D eigenvalue weighted by molar-refractivity contribution is 6.51. The summed E-state index contributed by atoms with van der Waals surface area (Å²) in [5.41, 5.74) is 2.49. The fourth-order valence-corrected chi connectivity index (χ4v) is 4.44. The van der Waals surface area contributed by atoms with Crippen LogP contribution in [0.25, 0.3) is 5.76 Å². The Morgan fingerprint density at radius 1 is 1.06 bits per heavy atom. The molecule has 1 atom stereocenters. The van der Waals surface area contributed by atoms with Gasteiger partial charge >= 0.3 is 0 Å². The quantitative estimate of drug-likeness (QED) is 0.231. The van der Waals surface area contributed by atoms with Gasteiger partial charge in [0.25, 0.3) is 11.7 Å². The van der Waals surface area contributed by atoms with Crippen molar-refractivity contribution in [2.75, 3.05) is 18.6 Å². The van der Waals surface area contributed by atoms with Gasteiger partial charge in [-0.3, -0.25) is 14.5 Å². The SMILES string of the molecule is COc1ccc(N2C(=O)C(=O)/C(=C(/O)c3ccc(OCC(C)C)cc3)C2c2cccc(C)c2)cc1Cl. The number of aliphatic hydroxyl groups excluding tert-OH is 1. The van der Waals surface area contributed by atoms with E-state index in [-0.39, 0.29) is 11.3 Å². The monoisotopic (exact) mass is 505 g/mol. The van der Waals surface area contributed by atoms with Gasteiger partial charge in [-0.05, 0) is 60.9 Å². The highest BCUT2D eigenvalue weighted by atomic mass is 35.5. The third-order valence-electron chi connectivity index (χ3n) is 5.93. The summed E-state index contributed by atoms with van der Waals surface area (Å²) in [6, 6.07) is 18.4. The molecule has 0 saturated carbocycles. The van der Waals surface area contributed by atoms with Crippen LogP contribution in [-0.4, -0.2) is 30.5 Å². The highest BCUT2D eigenvalue weighted by Crippen LogP contribution is 2.43. The molecule has 36 heavy (non-hydrogen) atoms. The van der Waals surface area contributed by atoms with Crippen molar-refractivity contribution in [3.8, 4) is 11.5 Å². The lowest BCUT2D eigenvalue weighted by atomic mass is 9.94. The molecule has 0 bridgehead atoms. The molecule has 0 aliphatic carbocycles. The van der Waals surface area contributed by atoms with Crippen LogP contribution in [0.4, 0.5) is 5.69 Å². The second-order valence-electron chi connectivity index (χ2n) is 9.13. The first kappa shape index (κ1) is 25.3. The van der Waals surface area contributed by atoms with Gasteiger partial charge in [0.15, 0.2) is 0 Å². The van der Waals surface area contributed by atoms with Crippen LogP contribution < -0.4 is 14.4 Å². The van der Waals surface area contributed by atoms with Crippen molar-refractivity contribution in [2.45, 2.75) is 26.8 Å². The number of halogens is 1. The van der Waals surface area contributed by atoms with E-state index in [9.17, 15) is 14.7 Å². The van der Waals surface area contributed by atoms with Gasteiger partial charge in [0.1, 0.15) is 17.3 Å². The van der Waals surface area contributed by atoms with Crippen molar-refractivity contribution in [1.29, 1.82) is 0 Å². The van der Waals surface area contributed by atoms with E-state index in [1.807, 2.05) is 31.2 Å². The number of benzene rings is 3. The first-order chi connectivity index (χ1) is 17.2. The second-order valence-corrected chi connectivity index (χ2v) is 9.54. The van der Waals surface area contributed by atoms with Crippen LogP contribution in [0.1, 0.15) is 36.6 Å². The maximum atomic E-state index is 13.3. The lowest BCUT2D eigenvalue weighted by Crippen LogP contribution is -2.29. The summed E-state index contributed by atoms with van der Waals surface area (Å²) >= 11 is 6.34. The van der Waals surface area contributed by atoms with Gasteiger partial charge in [-0.2, -0.15) is 0 Å². The van der Waals surface area contributed by atoms with Crippen molar-refractivity contribution in [1.82, 2.24) is 0 Å². The van der Waals surface area contributed by atoms with Crippen LogP contribution >= 0.6 is 11.6 Å². The molecule has 1 amide bonds. The topological polar surface area (TPSA) is 76.1 Å². The zero-order valence-corrected chi connectivity index (χ0v) is 21.4. The molecule has 7 heteroatoms. The Kier molecular flexibility index (Phi) is 7.36. The van der Waals surface area contributed by atoms with Gasteiger partial charge in [0.05, 0.1) is 30.4 Å². The van der Waals surface area contributed by atoms with E-state index >= 15 is 0 Å². The normalized spacial score (nSPS) is 17.1. The third kappa shape index (κ3) is 4.95. The molecule has 1 aliphatic heterocycles. The Balaban J connectivity index is 1.83. The van der Waals surface area contributed by atoms with Crippen molar-refractivity contribution in [2.24, 2.45) is 5.92 Å². The molecular formula is C29H28ClNO5. The van der Waals surface area contributed by atoms with Gasteiger partial charge in [-0.25, -0.2) is 0 Å². The minimum Gasteiger partial charge on any atom is -0.507 e. The maximum absolute atomic E-state index is 13.3. The average molecular weight is 506 g/mol. The first-order valence-electron chi connectivity index (χ1n) is 11.7. The highest BCUT2D eigenvalue weighted by Gasteiger charge is 2.47. The van der Waals surface area contributed by atoms with Gasteiger partial charge < -0.3 is 14.6 Å². The van der Waals surface area contributed by atoms with Crippen molar-refractivity contribution < 1.29 is 24.2 Å². The standard InChI is InChI=1S/C29H28ClNO5/c1-17(2)16-36-22-11-8-19(9-12-22)27(32)25-26(20-7-5-6-18(3)14-20)31(29(34)28(25)33)21-10-13-24(35-4)23(30)15-21/h5-15,17,26,32H,16H2,1-4H3/b27-25+. The molecule has 1 aliphatic rings. The van der Waals surface area contributed by atoms with Gasteiger partial charge in [-0.15, -0.1) is 0 Å². The van der Waals surface area contributed by atoms with Gasteiger partial charge in [0.2, 0.25) is 0 Å². The van der Waals surface area contributed by atoms with Crippen molar-refractivity contribution in [3.05, 3.63) is 94.0 Å². The predicted molar refractivity (Wildman–Crippen MR) is 141 cm³/mol. The molecule has 0 radical (unpaired) electrons. The van der Waals surface area contributed by atoms with E-state index in [2.05, 4.69) is 13.8 Å². The molecule has 3 aromatic rings. The number of hydrogen-bond donors (Lipinski definition) is 1. The van der Waals surface area contributed by atoms with Crippen LogP contribution in [-0.2, 0) is 9.59 Å². The number of carbonyl (C=O) groups excluding carboxylic acids is 2. The van der Waals surface area contributed by atoms with E-state index in [4.69, 9.17) is 21.1 Å². The summed E-state index contributed by atoms with van der Waals surface area (Å²) in [5.74, 6) is -0.299. The number of nitrogens with zero attached hydrogens (tertiary/aromatic N) is 1. The first-order valence-corrected chi connectivity index (χ1v) is 12.0. The lowest BCUT2D eigenvalue weighted by Gasteiger charge is -2.26. The number of amides is 1. The van der Waals surface area contributed by atoms with Crippen molar-refractivity contribution in [3.63, 3.8) is 0 Å². The van der Waals surface area contributed by atoms with E-state index in [1.165, 1.54) is 12.0 Å². The Morgan fingerprint density at radius 2 is 1.78 bits per heavy atom. The van der Waals surface area contributed by atoms with Crippen molar-refractivity contribution >= 4 is 34.7 Å². The largest absolute Gasteiger partial charge is 0.507 e. The molecule has 0 aromatic heterocycles. The molecule has 4 rings (SSSR count). The summed E-state index contributed by atoms with van der Waals surface area (Å²) in [5, 5.41) is 11.6. The number of aryl methyl sites for hydroxylation is 1. The third-order valence-corrected chi connectivity index (χ3v) is 6.22. The van der Waals surface area contributed by atoms with Crippen LogP contribution in [0.2, 0.25) is 5.02 Å². The minimum atomic E-state index is -0.841. The molecule has 1 N–H and O–H groups in total. The number of aliphatic hydroxyl groups is 1. The molecule has 1 heterocycles. The lowest BCUT2D eigenvalue weighted by molar-refractivity contribution is -0.132. The fraction of sp³-hybridized carbons (Fsp3) is 0.241. The van der Waals surface area contributed by atoms with Crippen LogP contribution in [0.3, 0.4) is 0 Å². The van der Waals surface area contributed by atoms with E-state index in [0.29, 0.717) is 45.9 Å². The molecule has 186 valence electrons. The molecular weight excluding hydrogens is 478 g/mol. The predicted octanol–water partition coefficient (Wildman–Crippen LogP) is 6.32. The fourth-order valence-electron chi connectivity index (χ4n) is 4.19. The van der Waals surface area contributed by atoms with E-state index in [0.717, 1.165) is 5.56 Å². The summed E-state index contributed by atoms with van der Waals surface area (Å²) < 4.78 is 11.0. The molecule has 1 unspecified atom stereocenters. The Morgan fingerprint density at radius 3 is 2.39 bits per heavy atom. The zero-order valence-electron chi connectivity index (χ0n) is 20.6.